The Morgan fingerprint density at radius 2 is 1.63 bits per heavy atom. The number of thioether (sulfide) groups is 1. The maximum absolute atomic E-state index is 13.1. The lowest BCUT2D eigenvalue weighted by molar-refractivity contribution is -0.123. The molecule has 2 heterocycles. The predicted octanol–water partition coefficient (Wildman–Crippen LogP) is 7.27. The van der Waals surface area contributed by atoms with Crippen molar-refractivity contribution in [2.45, 2.75) is 13.5 Å². The average Bonchev–Trinajstić information content (AvgIpc) is 3.41. The van der Waals surface area contributed by atoms with Gasteiger partial charge in [0.1, 0.15) is 12.4 Å². The van der Waals surface area contributed by atoms with Crippen LogP contribution in [0.1, 0.15) is 16.7 Å². The standard InChI is InChI=1S/C32H26N2O3S/c1-22-10-14-27(15-11-22)37-17-16-34-31(35)30(38-32(34)36)19-26-21-33(29-9-5-4-8-28(26)29)20-23-12-13-24-6-2-3-7-25(24)18-23/h2-15,18-19,21H,16-17,20H2,1H3/b30-19-. The largest absolute Gasteiger partial charge is 0.492 e. The van der Waals surface area contributed by atoms with Crippen LogP contribution in [-0.2, 0) is 11.3 Å². The predicted molar refractivity (Wildman–Crippen MR) is 154 cm³/mol. The lowest BCUT2D eigenvalue weighted by Gasteiger charge is -2.13. The van der Waals surface area contributed by atoms with Crippen LogP contribution >= 0.6 is 11.8 Å². The van der Waals surface area contributed by atoms with Crippen molar-refractivity contribution in [3.63, 3.8) is 0 Å². The third-order valence-electron chi connectivity index (χ3n) is 6.75. The number of nitrogens with zero attached hydrogens (tertiary/aromatic N) is 2. The molecule has 0 spiro atoms. The molecule has 6 rings (SSSR count). The number of amides is 2. The summed E-state index contributed by atoms with van der Waals surface area (Å²) in [7, 11) is 0. The lowest BCUT2D eigenvalue weighted by Crippen LogP contribution is -2.32. The van der Waals surface area contributed by atoms with E-state index in [4.69, 9.17) is 4.74 Å². The summed E-state index contributed by atoms with van der Waals surface area (Å²) < 4.78 is 7.94. The highest BCUT2D eigenvalue weighted by Gasteiger charge is 2.35. The van der Waals surface area contributed by atoms with Gasteiger partial charge in [-0.3, -0.25) is 14.5 Å². The molecule has 0 radical (unpaired) electrons. The maximum Gasteiger partial charge on any atom is 0.293 e. The fraction of sp³-hybridized carbons (Fsp3) is 0.125. The molecule has 5 aromatic rings. The average molecular weight is 519 g/mol. The van der Waals surface area contributed by atoms with Crippen LogP contribution in [-0.4, -0.2) is 33.8 Å². The van der Waals surface area contributed by atoms with E-state index in [-0.39, 0.29) is 24.3 Å². The SMILES string of the molecule is Cc1ccc(OCCN2C(=O)S/C(=C\c3cn(Cc4ccc5ccccc5c4)c4ccccc34)C2=O)cc1. The highest BCUT2D eigenvalue weighted by Crippen LogP contribution is 2.34. The fourth-order valence-electron chi connectivity index (χ4n) is 4.78. The Kier molecular flexibility index (Phi) is 6.48. The van der Waals surface area contributed by atoms with E-state index in [1.807, 2.05) is 55.5 Å². The van der Waals surface area contributed by atoms with E-state index in [1.54, 1.807) is 0 Å². The number of hydrogen-bond donors (Lipinski definition) is 0. The minimum atomic E-state index is -0.279. The molecule has 0 N–H and O–H groups in total. The van der Waals surface area contributed by atoms with Crippen LogP contribution in [0.3, 0.4) is 0 Å². The first-order valence-corrected chi connectivity index (χ1v) is 13.4. The summed E-state index contributed by atoms with van der Waals surface area (Å²) in [5.74, 6) is 0.441. The third kappa shape index (κ3) is 4.83. The number of rotatable bonds is 7. The van der Waals surface area contributed by atoms with Crippen LogP contribution in [0.5, 0.6) is 5.75 Å². The van der Waals surface area contributed by atoms with Gasteiger partial charge in [-0.2, -0.15) is 0 Å². The number of aromatic nitrogens is 1. The second-order valence-corrected chi connectivity index (χ2v) is 10.4. The molecule has 0 unspecified atom stereocenters. The van der Waals surface area contributed by atoms with Crippen LogP contribution in [0.2, 0.25) is 0 Å². The van der Waals surface area contributed by atoms with Crippen molar-refractivity contribution in [3.05, 3.63) is 119 Å². The highest BCUT2D eigenvalue weighted by molar-refractivity contribution is 8.18. The van der Waals surface area contributed by atoms with Crippen molar-refractivity contribution in [2.75, 3.05) is 13.2 Å². The Morgan fingerprint density at radius 3 is 2.47 bits per heavy atom. The summed E-state index contributed by atoms with van der Waals surface area (Å²) >= 11 is 0.982. The second kappa shape index (κ2) is 10.2. The molecule has 1 aliphatic heterocycles. The Hall–Kier alpha value is -4.29. The van der Waals surface area contributed by atoms with Crippen LogP contribution in [0, 0.1) is 6.92 Å². The van der Waals surface area contributed by atoms with Gasteiger partial charge in [0, 0.05) is 29.2 Å². The topological polar surface area (TPSA) is 51.5 Å². The van der Waals surface area contributed by atoms with E-state index in [9.17, 15) is 9.59 Å². The van der Waals surface area contributed by atoms with Crippen molar-refractivity contribution in [1.29, 1.82) is 0 Å². The van der Waals surface area contributed by atoms with Gasteiger partial charge >= 0.3 is 0 Å². The molecule has 0 atom stereocenters. The van der Waals surface area contributed by atoms with E-state index in [0.29, 0.717) is 11.4 Å². The minimum absolute atomic E-state index is 0.208. The zero-order valence-electron chi connectivity index (χ0n) is 21.0. The Morgan fingerprint density at radius 1 is 0.868 bits per heavy atom. The molecule has 1 aromatic heterocycles. The Balaban J connectivity index is 1.22. The quantitative estimate of drug-likeness (QED) is 0.213. The molecule has 38 heavy (non-hydrogen) atoms. The lowest BCUT2D eigenvalue weighted by atomic mass is 10.1. The molecule has 188 valence electrons. The van der Waals surface area contributed by atoms with Crippen molar-refractivity contribution < 1.29 is 14.3 Å². The van der Waals surface area contributed by atoms with Crippen LogP contribution in [0.4, 0.5) is 4.79 Å². The van der Waals surface area contributed by atoms with Crippen LogP contribution in [0.15, 0.2) is 102 Å². The molecule has 2 amide bonds. The van der Waals surface area contributed by atoms with Crippen molar-refractivity contribution in [2.24, 2.45) is 0 Å². The molecule has 0 saturated carbocycles. The number of benzene rings is 4. The first-order valence-electron chi connectivity index (χ1n) is 12.6. The van der Waals surface area contributed by atoms with Gasteiger partial charge < -0.3 is 9.30 Å². The van der Waals surface area contributed by atoms with Crippen molar-refractivity contribution in [3.8, 4) is 5.75 Å². The molecule has 6 heteroatoms. The van der Waals surface area contributed by atoms with E-state index >= 15 is 0 Å². The number of para-hydroxylation sites is 1. The van der Waals surface area contributed by atoms with E-state index in [1.165, 1.54) is 21.2 Å². The summed E-state index contributed by atoms with van der Waals surface area (Å²) in [6, 6.07) is 30.7. The van der Waals surface area contributed by atoms with E-state index < -0.39 is 0 Å². The summed E-state index contributed by atoms with van der Waals surface area (Å²) in [5, 5.41) is 3.20. The van der Waals surface area contributed by atoms with Crippen molar-refractivity contribution >= 4 is 50.7 Å². The van der Waals surface area contributed by atoms with Gasteiger partial charge in [0.15, 0.2) is 0 Å². The number of imide groups is 1. The number of ether oxygens (including phenoxy) is 1. The first-order chi connectivity index (χ1) is 18.5. The van der Waals surface area contributed by atoms with Gasteiger partial charge in [-0.25, -0.2) is 0 Å². The van der Waals surface area contributed by atoms with Gasteiger partial charge in [-0.05, 0) is 65.4 Å². The number of aryl methyl sites for hydroxylation is 1. The molecular weight excluding hydrogens is 492 g/mol. The van der Waals surface area contributed by atoms with E-state index in [0.717, 1.165) is 39.5 Å². The number of fused-ring (bicyclic) bond motifs is 2. The normalized spacial score (nSPS) is 14.8. The summed E-state index contributed by atoms with van der Waals surface area (Å²) in [4.78, 5) is 27.5. The summed E-state index contributed by atoms with van der Waals surface area (Å²) in [6.45, 7) is 3.17. The molecule has 1 aliphatic rings. The smallest absolute Gasteiger partial charge is 0.293 e. The van der Waals surface area contributed by atoms with Gasteiger partial charge in [-0.1, -0.05) is 72.3 Å². The van der Waals surface area contributed by atoms with Gasteiger partial charge in [0.2, 0.25) is 0 Å². The van der Waals surface area contributed by atoms with Gasteiger partial charge in [-0.15, -0.1) is 0 Å². The second-order valence-electron chi connectivity index (χ2n) is 9.41. The zero-order chi connectivity index (χ0) is 26.1. The molecule has 5 nitrogen and oxygen atoms in total. The van der Waals surface area contributed by atoms with Gasteiger partial charge in [0.25, 0.3) is 11.1 Å². The fourth-order valence-corrected chi connectivity index (χ4v) is 5.63. The number of carbonyl (C=O) groups excluding carboxylic acids is 2. The minimum Gasteiger partial charge on any atom is -0.492 e. The monoisotopic (exact) mass is 518 g/mol. The number of hydrogen-bond acceptors (Lipinski definition) is 4. The third-order valence-corrected chi connectivity index (χ3v) is 7.66. The molecule has 0 bridgehead atoms. The van der Waals surface area contributed by atoms with Crippen molar-refractivity contribution in [1.82, 2.24) is 9.47 Å². The number of carbonyl (C=O) groups is 2. The molecule has 1 fully saturated rings. The van der Waals surface area contributed by atoms with Gasteiger partial charge in [0.05, 0.1) is 11.4 Å². The Labute approximate surface area is 225 Å². The zero-order valence-corrected chi connectivity index (χ0v) is 21.8. The summed E-state index contributed by atoms with van der Waals surface area (Å²) in [5.41, 5.74) is 4.34. The molecule has 4 aromatic carbocycles. The molecule has 0 aliphatic carbocycles. The molecular formula is C32H26N2O3S. The Bertz CT molecular complexity index is 1700. The van der Waals surface area contributed by atoms with Crippen LogP contribution in [0.25, 0.3) is 27.8 Å². The maximum atomic E-state index is 13.1. The van der Waals surface area contributed by atoms with E-state index in [2.05, 4.69) is 59.3 Å². The molecule has 1 saturated heterocycles. The first kappa shape index (κ1) is 24.1. The van der Waals surface area contributed by atoms with Crippen LogP contribution < -0.4 is 4.74 Å². The highest BCUT2D eigenvalue weighted by atomic mass is 32.2. The summed E-state index contributed by atoms with van der Waals surface area (Å²) in [6.07, 6.45) is 3.90.